The molecular formula is C14H20N2O2. The molecule has 0 aliphatic carbocycles. The lowest BCUT2D eigenvalue weighted by atomic mass is 10.1. The standard InChI is InChI=1S/C10H11NO.C2H3NO.C2H6/c1-7-5-6-8(2)10(9(7)3)12-11-4;1-4-2-3;1-2/h5-6H,1-3H3;1H3;1-2H3. The summed E-state index contributed by atoms with van der Waals surface area (Å²) in [6.07, 6.45) is 1.43. The molecule has 0 N–H and O–H groups in total. The number of hydrogen-bond donors (Lipinski definition) is 0. The van der Waals surface area contributed by atoms with E-state index in [9.17, 15) is 0 Å². The van der Waals surface area contributed by atoms with Crippen molar-refractivity contribution in [1.82, 2.24) is 0 Å². The molecule has 4 heteroatoms. The van der Waals surface area contributed by atoms with Crippen LogP contribution in [-0.4, -0.2) is 7.11 Å². The van der Waals surface area contributed by atoms with Gasteiger partial charge in [-0.15, -0.1) is 0 Å². The maximum atomic E-state index is 7.40. The minimum absolute atomic E-state index is 0.699. The summed E-state index contributed by atoms with van der Waals surface area (Å²) in [6.45, 7) is 16.5. The number of benzene rings is 1. The van der Waals surface area contributed by atoms with Crippen LogP contribution in [0.5, 0.6) is 5.75 Å². The first-order valence-corrected chi connectivity index (χ1v) is 5.61. The van der Waals surface area contributed by atoms with Gasteiger partial charge in [0.15, 0.2) is 0 Å². The molecule has 0 fully saturated rings. The fraction of sp³-hybridized carbons (Fsp3) is 0.429. The maximum Gasteiger partial charge on any atom is 0.286 e. The fourth-order valence-electron chi connectivity index (χ4n) is 1.11. The largest absolute Gasteiger partial charge is 0.431 e. The predicted molar refractivity (Wildman–Crippen MR) is 71.9 cm³/mol. The Morgan fingerprint density at radius 3 is 2.00 bits per heavy atom. The zero-order valence-electron chi connectivity index (χ0n) is 11.9. The van der Waals surface area contributed by atoms with E-state index >= 15 is 0 Å². The van der Waals surface area contributed by atoms with Crippen LogP contribution in [0, 0.1) is 38.9 Å². The van der Waals surface area contributed by atoms with E-state index in [2.05, 4.69) is 9.75 Å². The first-order chi connectivity index (χ1) is 8.58. The summed E-state index contributed by atoms with van der Waals surface area (Å²) >= 11 is 0. The van der Waals surface area contributed by atoms with Gasteiger partial charge in [-0.25, -0.2) is 0 Å². The molecule has 0 amide bonds. The van der Waals surface area contributed by atoms with Crippen molar-refractivity contribution in [2.75, 3.05) is 7.11 Å². The van der Waals surface area contributed by atoms with Crippen molar-refractivity contribution in [3.8, 4) is 12.0 Å². The highest BCUT2D eigenvalue weighted by atomic mass is 16.6. The molecule has 0 atom stereocenters. The van der Waals surface area contributed by atoms with Gasteiger partial charge in [-0.2, -0.15) is 16.7 Å². The maximum absolute atomic E-state index is 7.40. The highest BCUT2D eigenvalue weighted by Gasteiger charge is 2.08. The highest BCUT2D eigenvalue weighted by Crippen LogP contribution is 2.25. The normalized spacial score (nSPS) is 7.33. The third kappa shape index (κ3) is 6.40. The van der Waals surface area contributed by atoms with Crippen LogP contribution in [0.1, 0.15) is 30.5 Å². The van der Waals surface area contributed by atoms with E-state index in [4.69, 9.17) is 16.7 Å². The van der Waals surface area contributed by atoms with E-state index in [0.29, 0.717) is 5.75 Å². The van der Waals surface area contributed by atoms with E-state index in [1.54, 1.807) is 0 Å². The van der Waals surface area contributed by atoms with Crippen molar-refractivity contribution in [3.63, 3.8) is 0 Å². The van der Waals surface area contributed by atoms with Crippen LogP contribution in [0.3, 0.4) is 0 Å². The molecule has 0 saturated carbocycles. The second kappa shape index (κ2) is 11.3. The Kier molecular flexibility index (Phi) is 11.4. The summed E-state index contributed by atoms with van der Waals surface area (Å²) in [5, 5.41) is 10.3. The number of aryl methyl sites for hydroxylation is 2. The molecule has 0 aliphatic rings. The molecule has 0 aliphatic heterocycles. The number of methoxy groups -OCH3 is 1. The number of ether oxygens (including phenoxy) is 1. The molecular weight excluding hydrogens is 228 g/mol. The SMILES string of the molecule is CC.COC#N.[C-]#[N+]Oc1c(C)ccc(C)c1C. The van der Waals surface area contributed by atoms with Crippen LogP contribution >= 0.6 is 0 Å². The van der Waals surface area contributed by atoms with Crippen molar-refractivity contribution in [3.05, 3.63) is 40.4 Å². The number of hydrogen-bond acceptors (Lipinski definition) is 3. The zero-order chi connectivity index (χ0) is 14.6. The molecule has 0 spiro atoms. The van der Waals surface area contributed by atoms with Crippen molar-refractivity contribution < 1.29 is 9.57 Å². The molecule has 4 nitrogen and oxygen atoms in total. The van der Waals surface area contributed by atoms with E-state index in [0.717, 1.165) is 16.7 Å². The number of rotatable bonds is 1. The quantitative estimate of drug-likeness (QED) is 0.429. The molecule has 0 aromatic heterocycles. The number of nitrogens with zero attached hydrogens (tertiary/aromatic N) is 2. The van der Waals surface area contributed by atoms with Gasteiger partial charge < -0.3 is 4.74 Å². The highest BCUT2D eigenvalue weighted by molar-refractivity contribution is 5.44. The Morgan fingerprint density at radius 2 is 1.61 bits per heavy atom. The minimum Gasteiger partial charge on any atom is -0.431 e. The molecule has 1 aromatic rings. The second-order valence-electron chi connectivity index (χ2n) is 3.13. The summed E-state index contributed by atoms with van der Waals surface area (Å²) in [4.78, 5) is 4.84. The molecule has 18 heavy (non-hydrogen) atoms. The van der Waals surface area contributed by atoms with Gasteiger partial charge in [-0.05, 0) is 31.3 Å². The predicted octanol–water partition coefficient (Wildman–Crippen LogP) is 3.97. The fourth-order valence-corrected chi connectivity index (χ4v) is 1.11. The average Bonchev–Trinajstić information content (AvgIpc) is 2.42. The molecule has 0 heterocycles. The number of nitriles is 1. The Hall–Kier alpha value is -2.20. The lowest BCUT2D eigenvalue weighted by molar-refractivity contribution is 0.362. The van der Waals surface area contributed by atoms with Gasteiger partial charge >= 0.3 is 0 Å². The van der Waals surface area contributed by atoms with Gasteiger partial charge in [-0.1, -0.05) is 26.0 Å². The van der Waals surface area contributed by atoms with Gasteiger partial charge in [0, 0.05) is 11.1 Å². The summed E-state index contributed by atoms with van der Waals surface area (Å²) in [6, 6.07) is 3.99. The third-order valence-corrected chi connectivity index (χ3v) is 2.10. The lowest BCUT2D eigenvalue weighted by Crippen LogP contribution is -1.90. The molecule has 0 bridgehead atoms. The van der Waals surface area contributed by atoms with Crippen LogP contribution in [0.25, 0.3) is 5.01 Å². The van der Waals surface area contributed by atoms with E-state index in [1.165, 1.54) is 13.4 Å². The smallest absolute Gasteiger partial charge is 0.286 e. The molecule has 1 aromatic carbocycles. The van der Waals surface area contributed by atoms with Crippen LogP contribution < -0.4 is 4.84 Å². The minimum atomic E-state index is 0.699. The first kappa shape index (κ1) is 18.2. The van der Waals surface area contributed by atoms with Crippen molar-refractivity contribution in [2.45, 2.75) is 34.6 Å². The zero-order valence-corrected chi connectivity index (χ0v) is 11.9. The summed E-state index contributed by atoms with van der Waals surface area (Å²) < 4.78 is 3.85. The Bertz CT molecular complexity index is 429. The first-order valence-electron chi connectivity index (χ1n) is 5.61. The second-order valence-corrected chi connectivity index (χ2v) is 3.13. The Balaban J connectivity index is 0. The van der Waals surface area contributed by atoms with Crippen LogP contribution in [-0.2, 0) is 4.74 Å². The van der Waals surface area contributed by atoms with Gasteiger partial charge in [0.1, 0.15) is 0 Å². The summed E-state index contributed by atoms with van der Waals surface area (Å²) in [5.41, 5.74) is 3.21. The molecule has 98 valence electrons. The monoisotopic (exact) mass is 248 g/mol. The molecule has 1 rings (SSSR count). The summed E-state index contributed by atoms with van der Waals surface area (Å²) in [5.74, 6) is 0.699. The average molecular weight is 248 g/mol. The Labute approximate surface area is 110 Å². The van der Waals surface area contributed by atoms with Crippen molar-refractivity contribution >= 4 is 0 Å². The van der Waals surface area contributed by atoms with Crippen molar-refractivity contribution in [1.29, 1.82) is 5.26 Å². The topological polar surface area (TPSA) is 46.6 Å². The van der Waals surface area contributed by atoms with E-state index in [1.807, 2.05) is 46.8 Å². The van der Waals surface area contributed by atoms with Gasteiger partial charge in [0.05, 0.1) is 7.11 Å². The van der Waals surface area contributed by atoms with Crippen LogP contribution in [0.15, 0.2) is 12.1 Å². The van der Waals surface area contributed by atoms with Crippen LogP contribution in [0.2, 0.25) is 0 Å². The van der Waals surface area contributed by atoms with E-state index < -0.39 is 0 Å². The third-order valence-electron chi connectivity index (χ3n) is 2.10. The molecule has 0 unspecified atom stereocenters. The van der Waals surface area contributed by atoms with Gasteiger partial charge in [-0.3, -0.25) is 0 Å². The Morgan fingerprint density at radius 1 is 1.17 bits per heavy atom. The van der Waals surface area contributed by atoms with Crippen molar-refractivity contribution in [2.24, 2.45) is 0 Å². The lowest BCUT2D eigenvalue weighted by Gasteiger charge is -2.04. The van der Waals surface area contributed by atoms with Gasteiger partial charge in [0.25, 0.3) is 6.26 Å². The van der Waals surface area contributed by atoms with E-state index in [-0.39, 0.29) is 0 Å². The molecule has 0 radical (unpaired) electrons. The molecule has 0 saturated heterocycles. The van der Waals surface area contributed by atoms with Gasteiger partial charge in [0.2, 0.25) is 5.75 Å². The summed E-state index contributed by atoms with van der Waals surface area (Å²) in [7, 11) is 1.32. The van der Waals surface area contributed by atoms with Crippen LogP contribution in [0.4, 0.5) is 0 Å².